The van der Waals surface area contributed by atoms with Crippen LogP contribution in [0, 0.1) is 0 Å². The molecule has 0 N–H and O–H groups in total. The third-order valence-electron chi connectivity index (χ3n) is 2.16. The summed E-state index contributed by atoms with van der Waals surface area (Å²) in [4.78, 5) is 22.5. The normalized spacial score (nSPS) is 10.9. The first-order valence-corrected chi connectivity index (χ1v) is 6.68. The van der Waals surface area contributed by atoms with Gasteiger partial charge in [0, 0.05) is 9.47 Å². The van der Waals surface area contributed by atoms with Crippen molar-refractivity contribution in [2.45, 2.75) is 4.90 Å². The van der Waals surface area contributed by atoms with Gasteiger partial charge in [0.05, 0.1) is 30.2 Å². The van der Waals surface area contributed by atoms with E-state index in [2.05, 4.69) is 13.4 Å². The maximum Gasteiger partial charge on any atom is 0.337 e. The highest BCUT2D eigenvalue weighted by atomic mass is 32.2. The fourth-order valence-electron chi connectivity index (χ4n) is 1.27. The summed E-state index contributed by atoms with van der Waals surface area (Å²) in [6.45, 7) is 0. The molecule has 0 amide bonds. The maximum atomic E-state index is 11.6. The van der Waals surface area contributed by atoms with E-state index >= 15 is 0 Å². The SMILES string of the molecule is COC(=O)c1cc(C(=O)OC)cc(S(=O)(=O)OP)c1. The molecule has 9 heteroatoms. The average Bonchev–Trinajstić information content (AvgIpc) is 2.44. The second-order valence-electron chi connectivity index (χ2n) is 3.28. The van der Waals surface area contributed by atoms with E-state index in [9.17, 15) is 18.0 Å². The number of carbonyl (C=O) groups excluding carboxylic acids is 2. The fourth-order valence-corrected chi connectivity index (χ4v) is 2.26. The van der Waals surface area contributed by atoms with Gasteiger partial charge in [-0.05, 0) is 18.2 Å². The summed E-state index contributed by atoms with van der Waals surface area (Å²) in [6, 6.07) is 3.24. The van der Waals surface area contributed by atoms with E-state index in [1.165, 1.54) is 6.07 Å². The van der Waals surface area contributed by atoms with Crippen molar-refractivity contribution in [2.24, 2.45) is 0 Å². The highest BCUT2D eigenvalue weighted by Crippen LogP contribution is 2.20. The zero-order valence-electron chi connectivity index (χ0n) is 10.1. The van der Waals surface area contributed by atoms with Gasteiger partial charge in [-0.3, -0.25) is 3.97 Å². The summed E-state index contributed by atoms with van der Waals surface area (Å²) >= 11 is 0. The molecule has 1 unspecified atom stereocenters. The Morgan fingerprint density at radius 1 is 1.00 bits per heavy atom. The number of benzene rings is 1. The van der Waals surface area contributed by atoms with Crippen molar-refractivity contribution < 1.29 is 31.5 Å². The van der Waals surface area contributed by atoms with Crippen LogP contribution in [0.4, 0.5) is 0 Å². The van der Waals surface area contributed by atoms with Crippen molar-refractivity contribution in [2.75, 3.05) is 14.2 Å². The van der Waals surface area contributed by atoms with Crippen LogP contribution in [0.1, 0.15) is 20.7 Å². The molecule has 0 spiro atoms. The van der Waals surface area contributed by atoms with Gasteiger partial charge < -0.3 is 9.47 Å². The second-order valence-corrected chi connectivity index (χ2v) is 5.43. The molecule has 1 atom stereocenters. The molecule has 0 radical (unpaired) electrons. The molecule has 0 saturated carbocycles. The van der Waals surface area contributed by atoms with E-state index in [1.54, 1.807) is 9.47 Å². The lowest BCUT2D eigenvalue weighted by Gasteiger charge is -2.07. The second kappa shape index (κ2) is 6.10. The van der Waals surface area contributed by atoms with Crippen molar-refractivity contribution in [3.05, 3.63) is 29.3 Å². The molecule has 0 aliphatic rings. The Hall–Kier alpha value is -1.50. The predicted octanol–water partition coefficient (Wildman–Crippen LogP) is 0.755. The molecule has 0 aromatic heterocycles. The molecule has 0 aliphatic heterocycles. The molecule has 19 heavy (non-hydrogen) atoms. The van der Waals surface area contributed by atoms with Crippen LogP contribution in [0.2, 0.25) is 0 Å². The molecular formula is C10H11O7PS. The topological polar surface area (TPSA) is 96.0 Å². The van der Waals surface area contributed by atoms with Gasteiger partial charge in [-0.15, -0.1) is 0 Å². The van der Waals surface area contributed by atoms with Gasteiger partial charge in [-0.2, -0.15) is 8.42 Å². The standard InChI is InChI=1S/C10H11O7PS/c1-15-9(11)6-3-7(10(12)16-2)5-8(4-6)19(13,14)17-18/h3-5H,18H2,1-2H3. The molecule has 1 rings (SSSR count). The van der Waals surface area contributed by atoms with Gasteiger partial charge in [0.1, 0.15) is 0 Å². The minimum Gasteiger partial charge on any atom is -0.465 e. The van der Waals surface area contributed by atoms with Crippen LogP contribution in [-0.2, 0) is 23.6 Å². The number of esters is 2. The number of carbonyl (C=O) groups is 2. The number of ether oxygens (including phenoxy) is 2. The van der Waals surface area contributed by atoms with Crippen molar-refractivity contribution in [1.29, 1.82) is 0 Å². The van der Waals surface area contributed by atoms with Gasteiger partial charge >= 0.3 is 11.9 Å². The van der Waals surface area contributed by atoms with E-state index in [0.717, 1.165) is 26.4 Å². The predicted molar refractivity (Wildman–Crippen MR) is 67.1 cm³/mol. The fraction of sp³-hybridized carbons (Fsp3) is 0.200. The lowest BCUT2D eigenvalue weighted by Crippen LogP contribution is -2.10. The molecule has 1 aromatic carbocycles. The van der Waals surface area contributed by atoms with E-state index in [1.807, 2.05) is 0 Å². The van der Waals surface area contributed by atoms with E-state index in [4.69, 9.17) is 0 Å². The maximum absolute atomic E-state index is 11.6. The lowest BCUT2D eigenvalue weighted by atomic mass is 10.1. The Bertz CT molecular complexity index is 574. The number of hydrogen-bond donors (Lipinski definition) is 0. The largest absolute Gasteiger partial charge is 0.465 e. The van der Waals surface area contributed by atoms with Crippen LogP contribution < -0.4 is 0 Å². The number of hydrogen-bond acceptors (Lipinski definition) is 7. The van der Waals surface area contributed by atoms with Crippen LogP contribution in [-0.4, -0.2) is 34.6 Å². The molecule has 0 fully saturated rings. The Morgan fingerprint density at radius 2 is 1.42 bits per heavy atom. The first kappa shape index (κ1) is 15.6. The number of methoxy groups -OCH3 is 2. The first-order chi connectivity index (χ1) is 8.85. The number of rotatable bonds is 4. The minimum absolute atomic E-state index is 0.106. The Labute approximate surface area is 112 Å². The lowest BCUT2D eigenvalue weighted by molar-refractivity contribution is 0.0598. The van der Waals surface area contributed by atoms with Crippen molar-refractivity contribution in [3.63, 3.8) is 0 Å². The van der Waals surface area contributed by atoms with Crippen molar-refractivity contribution in [3.8, 4) is 0 Å². The summed E-state index contributed by atoms with van der Waals surface area (Å²) in [5, 5.41) is 0. The third kappa shape index (κ3) is 3.50. The zero-order valence-corrected chi connectivity index (χ0v) is 12.0. The van der Waals surface area contributed by atoms with Gasteiger partial charge in [0.2, 0.25) is 0 Å². The Morgan fingerprint density at radius 3 is 1.74 bits per heavy atom. The van der Waals surface area contributed by atoms with Crippen LogP contribution in [0.3, 0.4) is 0 Å². The zero-order chi connectivity index (χ0) is 14.6. The first-order valence-electron chi connectivity index (χ1n) is 4.80. The van der Waals surface area contributed by atoms with Gasteiger partial charge in [-0.25, -0.2) is 9.59 Å². The van der Waals surface area contributed by atoms with Gasteiger partial charge in [0.15, 0.2) is 0 Å². The molecule has 0 heterocycles. The molecule has 104 valence electrons. The molecule has 0 aliphatic carbocycles. The quantitative estimate of drug-likeness (QED) is 0.598. The average molecular weight is 306 g/mol. The van der Waals surface area contributed by atoms with E-state index in [-0.39, 0.29) is 16.0 Å². The van der Waals surface area contributed by atoms with Crippen LogP contribution in [0.25, 0.3) is 0 Å². The molecular weight excluding hydrogens is 295 g/mol. The molecule has 7 nitrogen and oxygen atoms in total. The smallest absolute Gasteiger partial charge is 0.337 e. The monoisotopic (exact) mass is 306 g/mol. The van der Waals surface area contributed by atoms with E-state index < -0.39 is 22.1 Å². The summed E-state index contributed by atoms with van der Waals surface area (Å²) in [6.07, 6.45) is 0. The summed E-state index contributed by atoms with van der Waals surface area (Å²) in [5.74, 6) is -1.57. The molecule has 0 saturated heterocycles. The van der Waals surface area contributed by atoms with Crippen LogP contribution in [0.15, 0.2) is 23.1 Å². The minimum atomic E-state index is -4.08. The van der Waals surface area contributed by atoms with Crippen LogP contribution >= 0.6 is 9.47 Å². The highest BCUT2D eigenvalue weighted by molar-refractivity contribution is 7.88. The third-order valence-corrected chi connectivity index (χ3v) is 3.99. The summed E-state index contributed by atoms with van der Waals surface area (Å²) in [7, 11) is -0.233. The van der Waals surface area contributed by atoms with Crippen LogP contribution in [0.5, 0.6) is 0 Å². The van der Waals surface area contributed by atoms with Crippen molar-refractivity contribution in [1.82, 2.24) is 0 Å². The molecule has 1 aromatic rings. The summed E-state index contributed by atoms with van der Waals surface area (Å²) in [5.41, 5.74) is -0.211. The Balaban J connectivity index is 3.49. The van der Waals surface area contributed by atoms with E-state index in [0.29, 0.717) is 0 Å². The highest BCUT2D eigenvalue weighted by Gasteiger charge is 2.20. The Kier molecular flexibility index (Phi) is 4.99. The summed E-state index contributed by atoms with van der Waals surface area (Å²) < 4.78 is 36.4. The van der Waals surface area contributed by atoms with Crippen molar-refractivity contribution >= 4 is 31.5 Å². The van der Waals surface area contributed by atoms with Gasteiger partial charge in [0.25, 0.3) is 10.1 Å². The van der Waals surface area contributed by atoms with Gasteiger partial charge in [-0.1, -0.05) is 0 Å². The molecule has 0 bridgehead atoms.